The summed E-state index contributed by atoms with van der Waals surface area (Å²) in [5.74, 6) is 0. The first-order valence-electron chi connectivity index (χ1n) is 11.5. The lowest BCUT2D eigenvalue weighted by Gasteiger charge is -2.12. The number of aromatic nitrogens is 2. The van der Waals surface area contributed by atoms with Crippen molar-refractivity contribution in [2.24, 2.45) is 0 Å². The van der Waals surface area contributed by atoms with Gasteiger partial charge in [-0.15, -0.1) is 0 Å². The minimum absolute atomic E-state index is 0.957. The Morgan fingerprint density at radius 3 is 1.81 bits per heavy atom. The summed E-state index contributed by atoms with van der Waals surface area (Å²) < 4.78 is 4.83. The van der Waals surface area contributed by atoms with Gasteiger partial charge in [-0.05, 0) is 62.6 Å². The molecule has 0 amide bonds. The van der Waals surface area contributed by atoms with Gasteiger partial charge in [0.05, 0.1) is 0 Å². The van der Waals surface area contributed by atoms with Gasteiger partial charge < -0.3 is 9.13 Å². The summed E-state index contributed by atoms with van der Waals surface area (Å²) in [6.07, 6.45) is 1.98. The topological polar surface area (TPSA) is 9.86 Å². The summed E-state index contributed by atoms with van der Waals surface area (Å²) in [6, 6.07) is 24.4. The fourth-order valence-electron chi connectivity index (χ4n) is 5.49. The van der Waals surface area contributed by atoms with Crippen LogP contribution in [0.2, 0.25) is 0 Å². The summed E-state index contributed by atoms with van der Waals surface area (Å²) >= 11 is 0. The van der Waals surface area contributed by atoms with E-state index < -0.39 is 0 Å². The van der Waals surface area contributed by atoms with E-state index in [0.717, 1.165) is 13.1 Å². The SMILES string of the molecule is C=Cc1ccc(-c2c(C)n(CC)c3ccccc23)cc1-c1c(C)n(CC)c2ccccc12. The van der Waals surface area contributed by atoms with E-state index >= 15 is 0 Å². The van der Waals surface area contributed by atoms with Crippen LogP contribution in [0.5, 0.6) is 0 Å². The van der Waals surface area contributed by atoms with Crippen LogP contribution in [0.1, 0.15) is 30.8 Å². The zero-order chi connectivity index (χ0) is 22.4. The summed E-state index contributed by atoms with van der Waals surface area (Å²) in [5.41, 5.74) is 11.6. The second kappa shape index (κ2) is 7.87. The van der Waals surface area contributed by atoms with Gasteiger partial charge in [0.15, 0.2) is 0 Å². The fraction of sp³-hybridized carbons (Fsp3) is 0.200. The highest BCUT2D eigenvalue weighted by Crippen LogP contribution is 2.41. The predicted octanol–water partition coefficient (Wildman–Crippen LogP) is 8.23. The lowest BCUT2D eigenvalue weighted by Crippen LogP contribution is -1.97. The van der Waals surface area contributed by atoms with Crippen molar-refractivity contribution in [2.45, 2.75) is 40.8 Å². The Hall–Kier alpha value is -3.52. The third-order valence-electron chi connectivity index (χ3n) is 6.93. The second-order valence-electron chi connectivity index (χ2n) is 8.45. The van der Waals surface area contributed by atoms with Gasteiger partial charge in [-0.1, -0.05) is 61.2 Å². The lowest BCUT2D eigenvalue weighted by atomic mass is 9.92. The van der Waals surface area contributed by atoms with Crippen LogP contribution in [0.15, 0.2) is 73.3 Å². The Labute approximate surface area is 190 Å². The molecule has 5 aromatic rings. The maximum atomic E-state index is 4.13. The van der Waals surface area contributed by atoms with Crippen molar-refractivity contribution in [3.8, 4) is 22.3 Å². The molecule has 0 aliphatic carbocycles. The Morgan fingerprint density at radius 2 is 1.25 bits per heavy atom. The highest BCUT2D eigenvalue weighted by Gasteiger charge is 2.19. The van der Waals surface area contributed by atoms with Gasteiger partial charge in [0, 0.05) is 57.4 Å². The van der Waals surface area contributed by atoms with E-state index in [4.69, 9.17) is 0 Å². The molecule has 2 heteroatoms. The molecule has 0 unspecified atom stereocenters. The highest BCUT2D eigenvalue weighted by molar-refractivity contribution is 6.03. The maximum Gasteiger partial charge on any atom is 0.0488 e. The minimum Gasteiger partial charge on any atom is -0.345 e. The van der Waals surface area contributed by atoms with Crippen molar-refractivity contribution in [3.05, 3.63) is 90.3 Å². The summed E-state index contributed by atoms with van der Waals surface area (Å²) in [4.78, 5) is 0. The molecule has 2 nitrogen and oxygen atoms in total. The standard InChI is InChI=1S/C30H30N2/c1-6-22-17-18-23(29-20(4)31(7-2)27-15-11-9-13-24(27)29)19-26(22)30-21(5)32(8-3)28-16-12-10-14-25(28)30/h6,9-19H,1,7-8H2,2-5H3. The summed E-state index contributed by atoms with van der Waals surface area (Å²) in [6.45, 7) is 15.0. The first kappa shape index (κ1) is 20.4. The third kappa shape index (κ3) is 2.86. The monoisotopic (exact) mass is 418 g/mol. The molecule has 5 rings (SSSR count). The molecule has 0 fully saturated rings. The van der Waals surface area contributed by atoms with Crippen LogP contribution in [0.25, 0.3) is 50.1 Å². The van der Waals surface area contributed by atoms with Crippen LogP contribution >= 0.6 is 0 Å². The number of hydrogen-bond donors (Lipinski definition) is 0. The van der Waals surface area contributed by atoms with E-state index in [9.17, 15) is 0 Å². The van der Waals surface area contributed by atoms with E-state index in [-0.39, 0.29) is 0 Å². The maximum absolute atomic E-state index is 4.13. The molecule has 0 radical (unpaired) electrons. The van der Waals surface area contributed by atoms with Gasteiger partial charge in [-0.25, -0.2) is 0 Å². The predicted molar refractivity (Wildman–Crippen MR) is 139 cm³/mol. The van der Waals surface area contributed by atoms with E-state index in [1.165, 1.54) is 61.0 Å². The van der Waals surface area contributed by atoms with Crippen LogP contribution < -0.4 is 0 Å². The largest absolute Gasteiger partial charge is 0.345 e. The average Bonchev–Trinajstić information content (AvgIpc) is 3.27. The Bertz CT molecular complexity index is 1480. The van der Waals surface area contributed by atoms with Crippen molar-refractivity contribution in [1.82, 2.24) is 9.13 Å². The molecule has 0 aliphatic rings. The smallest absolute Gasteiger partial charge is 0.0488 e. The molecule has 0 N–H and O–H groups in total. The molecule has 0 saturated carbocycles. The molecule has 0 spiro atoms. The molecule has 0 aliphatic heterocycles. The van der Waals surface area contributed by atoms with Gasteiger partial charge in [0.1, 0.15) is 0 Å². The molecular formula is C30H30N2. The Kier molecular flexibility index (Phi) is 5.01. The van der Waals surface area contributed by atoms with Crippen molar-refractivity contribution >= 4 is 27.9 Å². The van der Waals surface area contributed by atoms with Crippen LogP contribution in [-0.2, 0) is 13.1 Å². The molecular weight excluding hydrogens is 388 g/mol. The van der Waals surface area contributed by atoms with E-state index in [2.05, 4.69) is 110 Å². The zero-order valence-electron chi connectivity index (χ0n) is 19.4. The highest BCUT2D eigenvalue weighted by atomic mass is 15.0. The minimum atomic E-state index is 0.957. The zero-order valence-corrected chi connectivity index (χ0v) is 19.4. The Morgan fingerprint density at radius 1 is 0.719 bits per heavy atom. The quantitative estimate of drug-likeness (QED) is 0.272. The fourth-order valence-corrected chi connectivity index (χ4v) is 5.49. The van der Waals surface area contributed by atoms with Crippen molar-refractivity contribution in [3.63, 3.8) is 0 Å². The summed E-state index contributed by atoms with van der Waals surface area (Å²) in [7, 11) is 0. The molecule has 3 aromatic carbocycles. The normalized spacial score (nSPS) is 11.5. The lowest BCUT2D eigenvalue weighted by molar-refractivity contribution is 0.770. The van der Waals surface area contributed by atoms with Crippen LogP contribution in [0.3, 0.4) is 0 Å². The molecule has 2 aromatic heterocycles. The van der Waals surface area contributed by atoms with E-state index in [0.29, 0.717) is 0 Å². The molecule has 0 saturated heterocycles. The molecule has 0 atom stereocenters. The van der Waals surface area contributed by atoms with Gasteiger partial charge in [-0.3, -0.25) is 0 Å². The number of para-hydroxylation sites is 2. The summed E-state index contributed by atoms with van der Waals surface area (Å²) in [5, 5.41) is 2.62. The van der Waals surface area contributed by atoms with Gasteiger partial charge in [0.2, 0.25) is 0 Å². The number of benzene rings is 3. The molecule has 160 valence electrons. The Balaban J connectivity index is 1.84. The van der Waals surface area contributed by atoms with E-state index in [1.807, 2.05) is 6.08 Å². The molecule has 2 heterocycles. The van der Waals surface area contributed by atoms with Gasteiger partial charge >= 0.3 is 0 Å². The van der Waals surface area contributed by atoms with Crippen molar-refractivity contribution < 1.29 is 0 Å². The van der Waals surface area contributed by atoms with Crippen molar-refractivity contribution in [2.75, 3.05) is 0 Å². The number of aryl methyl sites for hydroxylation is 2. The van der Waals surface area contributed by atoms with Crippen molar-refractivity contribution in [1.29, 1.82) is 0 Å². The second-order valence-corrected chi connectivity index (χ2v) is 8.45. The van der Waals surface area contributed by atoms with Crippen LogP contribution in [0, 0.1) is 13.8 Å². The third-order valence-corrected chi connectivity index (χ3v) is 6.93. The first-order chi connectivity index (χ1) is 15.6. The average molecular weight is 419 g/mol. The van der Waals surface area contributed by atoms with Gasteiger partial charge in [0.25, 0.3) is 0 Å². The number of rotatable bonds is 5. The van der Waals surface area contributed by atoms with E-state index in [1.54, 1.807) is 0 Å². The molecule has 0 bridgehead atoms. The number of fused-ring (bicyclic) bond motifs is 2. The van der Waals surface area contributed by atoms with Crippen LogP contribution in [0.4, 0.5) is 0 Å². The number of nitrogens with zero attached hydrogens (tertiary/aromatic N) is 2. The van der Waals surface area contributed by atoms with Gasteiger partial charge in [-0.2, -0.15) is 0 Å². The first-order valence-corrected chi connectivity index (χ1v) is 11.5. The van der Waals surface area contributed by atoms with Crippen LogP contribution in [-0.4, -0.2) is 9.13 Å². The number of hydrogen-bond acceptors (Lipinski definition) is 0. The molecule has 32 heavy (non-hydrogen) atoms.